The number of benzene rings is 1. The van der Waals surface area contributed by atoms with Gasteiger partial charge in [0.2, 0.25) is 5.88 Å². The molecule has 0 saturated carbocycles. The summed E-state index contributed by atoms with van der Waals surface area (Å²) in [4.78, 5) is 21.7. The number of non-ortho nitro benzene ring substituents is 1. The first-order chi connectivity index (χ1) is 9.63. The maximum absolute atomic E-state index is 10.8. The number of H-pyrrole nitrogens is 1. The van der Waals surface area contributed by atoms with Crippen LogP contribution in [-0.4, -0.2) is 19.9 Å². The molecule has 20 heavy (non-hydrogen) atoms. The zero-order valence-electron chi connectivity index (χ0n) is 10.5. The Balaban J connectivity index is 2.02. The summed E-state index contributed by atoms with van der Waals surface area (Å²) < 4.78 is 5.65. The fraction of sp³-hybridized carbons (Fsp3) is 0.0769. The van der Waals surface area contributed by atoms with Crippen LogP contribution in [-0.2, 0) is 0 Å². The van der Waals surface area contributed by atoms with Gasteiger partial charge in [0, 0.05) is 12.3 Å². The average molecular weight is 270 g/mol. The SMILES string of the molecule is Cc1nc(Oc2cccc([N+](=O)[O-])c2)c2cc[nH]c2n1. The van der Waals surface area contributed by atoms with Crippen molar-refractivity contribution in [3.63, 3.8) is 0 Å². The lowest BCUT2D eigenvalue weighted by Gasteiger charge is -2.06. The highest BCUT2D eigenvalue weighted by Gasteiger charge is 2.11. The number of aromatic nitrogens is 3. The fourth-order valence-electron chi connectivity index (χ4n) is 1.87. The number of nitrogens with one attached hydrogen (secondary N) is 1. The lowest BCUT2D eigenvalue weighted by molar-refractivity contribution is -0.384. The van der Waals surface area contributed by atoms with E-state index in [1.165, 1.54) is 12.1 Å². The van der Waals surface area contributed by atoms with Crippen LogP contribution >= 0.6 is 0 Å². The first kappa shape index (κ1) is 12.1. The Morgan fingerprint density at radius 3 is 2.95 bits per heavy atom. The van der Waals surface area contributed by atoms with Crippen molar-refractivity contribution < 1.29 is 9.66 Å². The molecule has 0 spiro atoms. The fourth-order valence-corrected chi connectivity index (χ4v) is 1.87. The van der Waals surface area contributed by atoms with Gasteiger partial charge in [-0.25, -0.2) is 4.98 Å². The van der Waals surface area contributed by atoms with E-state index in [1.807, 2.05) is 0 Å². The molecule has 1 N–H and O–H groups in total. The quantitative estimate of drug-likeness (QED) is 0.583. The molecule has 3 rings (SSSR count). The molecular formula is C13H10N4O3. The van der Waals surface area contributed by atoms with Crippen LogP contribution in [0.15, 0.2) is 36.5 Å². The first-order valence-corrected chi connectivity index (χ1v) is 5.87. The van der Waals surface area contributed by atoms with E-state index in [0.717, 1.165) is 5.39 Å². The molecule has 7 heteroatoms. The molecule has 0 aliphatic carbocycles. The summed E-state index contributed by atoms with van der Waals surface area (Å²) in [7, 11) is 0. The van der Waals surface area contributed by atoms with Gasteiger partial charge in [0.25, 0.3) is 5.69 Å². The van der Waals surface area contributed by atoms with Gasteiger partial charge < -0.3 is 9.72 Å². The first-order valence-electron chi connectivity index (χ1n) is 5.87. The number of aromatic amines is 1. The van der Waals surface area contributed by atoms with Crippen LogP contribution in [0.5, 0.6) is 11.6 Å². The van der Waals surface area contributed by atoms with Gasteiger partial charge in [-0.3, -0.25) is 10.1 Å². The van der Waals surface area contributed by atoms with Crippen molar-refractivity contribution in [2.75, 3.05) is 0 Å². The summed E-state index contributed by atoms with van der Waals surface area (Å²) >= 11 is 0. The number of hydrogen-bond acceptors (Lipinski definition) is 5. The van der Waals surface area contributed by atoms with Gasteiger partial charge in [-0.1, -0.05) is 6.07 Å². The molecule has 3 aromatic rings. The normalized spacial score (nSPS) is 10.7. The summed E-state index contributed by atoms with van der Waals surface area (Å²) in [5.41, 5.74) is 0.636. The molecule has 7 nitrogen and oxygen atoms in total. The Labute approximate surface area is 113 Å². The van der Waals surface area contributed by atoms with Crippen molar-refractivity contribution in [3.05, 3.63) is 52.5 Å². The maximum Gasteiger partial charge on any atom is 0.273 e. The van der Waals surface area contributed by atoms with Gasteiger partial charge in [0.15, 0.2) is 0 Å². The molecule has 0 fully saturated rings. The lowest BCUT2D eigenvalue weighted by Crippen LogP contribution is -1.95. The van der Waals surface area contributed by atoms with E-state index < -0.39 is 4.92 Å². The Hall–Kier alpha value is -2.96. The summed E-state index contributed by atoms with van der Waals surface area (Å²) in [6.45, 7) is 1.75. The van der Waals surface area contributed by atoms with Gasteiger partial charge in [-0.05, 0) is 19.1 Å². The number of ether oxygens (including phenoxy) is 1. The number of nitrogens with zero attached hydrogens (tertiary/aromatic N) is 3. The third-order valence-corrected chi connectivity index (χ3v) is 2.74. The smallest absolute Gasteiger partial charge is 0.273 e. The molecule has 100 valence electrons. The van der Waals surface area contributed by atoms with Gasteiger partial charge in [0.05, 0.1) is 16.4 Å². The van der Waals surface area contributed by atoms with Gasteiger partial charge in [0.1, 0.15) is 17.2 Å². The minimum Gasteiger partial charge on any atom is -0.438 e. The largest absolute Gasteiger partial charge is 0.438 e. The second-order valence-corrected chi connectivity index (χ2v) is 4.17. The van der Waals surface area contributed by atoms with Crippen LogP contribution in [0.3, 0.4) is 0 Å². The topological polar surface area (TPSA) is 93.9 Å². The number of aryl methyl sites for hydroxylation is 1. The van der Waals surface area contributed by atoms with Crippen molar-refractivity contribution in [1.82, 2.24) is 15.0 Å². The van der Waals surface area contributed by atoms with Crippen molar-refractivity contribution in [1.29, 1.82) is 0 Å². The van der Waals surface area contributed by atoms with Crippen LogP contribution in [0.2, 0.25) is 0 Å². The summed E-state index contributed by atoms with van der Waals surface area (Å²) in [5, 5.41) is 11.5. The predicted octanol–water partition coefficient (Wildman–Crippen LogP) is 2.97. The van der Waals surface area contributed by atoms with E-state index >= 15 is 0 Å². The van der Waals surface area contributed by atoms with Crippen molar-refractivity contribution >= 4 is 16.7 Å². The van der Waals surface area contributed by atoms with Crippen LogP contribution in [0, 0.1) is 17.0 Å². The predicted molar refractivity (Wildman–Crippen MR) is 71.8 cm³/mol. The molecule has 1 aromatic carbocycles. The lowest BCUT2D eigenvalue weighted by atomic mass is 10.3. The minimum absolute atomic E-state index is 0.0291. The third-order valence-electron chi connectivity index (χ3n) is 2.74. The number of hydrogen-bond donors (Lipinski definition) is 1. The Morgan fingerprint density at radius 2 is 2.15 bits per heavy atom. The molecule has 0 radical (unpaired) electrons. The zero-order valence-corrected chi connectivity index (χ0v) is 10.5. The summed E-state index contributed by atoms with van der Waals surface area (Å²) in [5.74, 6) is 1.29. The Morgan fingerprint density at radius 1 is 1.30 bits per heavy atom. The molecule has 2 heterocycles. The minimum atomic E-state index is -0.468. The van der Waals surface area contributed by atoms with E-state index in [0.29, 0.717) is 23.1 Å². The van der Waals surface area contributed by atoms with Crippen LogP contribution < -0.4 is 4.74 Å². The monoisotopic (exact) mass is 270 g/mol. The summed E-state index contributed by atoms with van der Waals surface area (Å²) in [6.07, 6.45) is 1.74. The molecule has 0 atom stereocenters. The van der Waals surface area contributed by atoms with E-state index in [4.69, 9.17) is 4.74 Å². The van der Waals surface area contributed by atoms with Crippen molar-refractivity contribution in [2.24, 2.45) is 0 Å². The van der Waals surface area contributed by atoms with E-state index in [2.05, 4.69) is 15.0 Å². The van der Waals surface area contributed by atoms with Gasteiger partial charge in [-0.15, -0.1) is 0 Å². The second kappa shape index (κ2) is 4.61. The number of nitro groups is 1. The molecule has 0 saturated heterocycles. The van der Waals surface area contributed by atoms with Crippen LogP contribution in [0.1, 0.15) is 5.82 Å². The average Bonchev–Trinajstić information content (AvgIpc) is 2.87. The summed E-state index contributed by atoms with van der Waals surface area (Å²) in [6, 6.07) is 7.76. The molecule has 0 unspecified atom stereocenters. The second-order valence-electron chi connectivity index (χ2n) is 4.17. The van der Waals surface area contributed by atoms with Gasteiger partial charge >= 0.3 is 0 Å². The Bertz CT molecular complexity index is 797. The third kappa shape index (κ3) is 2.16. The molecule has 2 aromatic heterocycles. The molecule has 0 aliphatic heterocycles. The highest BCUT2D eigenvalue weighted by Crippen LogP contribution is 2.28. The standard InChI is InChI=1S/C13H10N4O3/c1-8-15-12-11(5-6-14-12)13(16-8)20-10-4-2-3-9(7-10)17(18)19/h2-7H,1H3,(H,14,15,16). The number of fused-ring (bicyclic) bond motifs is 1. The highest BCUT2D eigenvalue weighted by molar-refractivity contribution is 5.81. The van der Waals surface area contributed by atoms with E-state index in [1.54, 1.807) is 31.3 Å². The van der Waals surface area contributed by atoms with Gasteiger partial charge in [-0.2, -0.15) is 4.98 Å². The van der Waals surface area contributed by atoms with Crippen molar-refractivity contribution in [3.8, 4) is 11.6 Å². The molecule has 0 aliphatic rings. The van der Waals surface area contributed by atoms with Crippen molar-refractivity contribution in [2.45, 2.75) is 6.92 Å². The molecular weight excluding hydrogens is 260 g/mol. The zero-order chi connectivity index (χ0) is 14.1. The Kier molecular flexibility index (Phi) is 2.79. The van der Waals surface area contributed by atoms with E-state index in [9.17, 15) is 10.1 Å². The maximum atomic E-state index is 10.8. The van der Waals surface area contributed by atoms with Crippen LogP contribution in [0.4, 0.5) is 5.69 Å². The number of rotatable bonds is 3. The van der Waals surface area contributed by atoms with Crippen LogP contribution in [0.25, 0.3) is 11.0 Å². The number of nitro benzene ring substituents is 1. The highest BCUT2D eigenvalue weighted by atomic mass is 16.6. The molecule has 0 amide bonds. The van der Waals surface area contributed by atoms with E-state index in [-0.39, 0.29) is 5.69 Å². The molecule has 0 bridgehead atoms.